The molecule has 1 atom stereocenters. The Morgan fingerprint density at radius 3 is 2.86 bits per heavy atom. The second-order valence-corrected chi connectivity index (χ2v) is 5.54. The van der Waals surface area contributed by atoms with Gasteiger partial charge < -0.3 is 9.47 Å². The number of aryl methyl sites for hydroxylation is 1. The van der Waals surface area contributed by atoms with Crippen LogP contribution >= 0.6 is 0 Å². The monoisotopic (exact) mass is 284 g/mol. The van der Waals surface area contributed by atoms with E-state index in [4.69, 9.17) is 0 Å². The van der Waals surface area contributed by atoms with E-state index in [1.165, 1.54) is 0 Å². The molecule has 5 heteroatoms. The van der Waals surface area contributed by atoms with Crippen molar-refractivity contribution < 1.29 is 4.79 Å². The van der Waals surface area contributed by atoms with Gasteiger partial charge in [0.2, 0.25) is 5.91 Å². The summed E-state index contributed by atoms with van der Waals surface area (Å²) in [6.45, 7) is 5.13. The SMILES string of the molecule is Cc1ncn(CC(=O)N2CCC[C@H]2c2ccccn2)c1C. The van der Waals surface area contributed by atoms with Gasteiger partial charge in [-0.25, -0.2) is 4.98 Å². The third-order valence-electron chi connectivity index (χ3n) is 4.25. The molecule has 1 aliphatic heterocycles. The summed E-state index contributed by atoms with van der Waals surface area (Å²) in [6, 6.07) is 6.00. The molecular weight excluding hydrogens is 264 g/mol. The van der Waals surface area contributed by atoms with Crippen molar-refractivity contribution in [2.45, 2.75) is 39.3 Å². The molecule has 0 N–H and O–H groups in total. The van der Waals surface area contributed by atoms with Crippen LogP contribution < -0.4 is 0 Å². The molecule has 0 radical (unpaired) electrons. The van der Waals surface area contributed by atoms with E-state index in [9.17, 15) is 4.79 Å². The number of carbonyl (C=O) groups is 1. The first-order chi connectivity index (χ1) is 10.2. The summed E-state index contributed by atoms with van der Waals surface area (Å²) in [6.07, 6.45) is 5.56. The van der Waals surface area contributed by atoms with Crippen molar-refractivity contribution in [2.75, 3.05) is 6.54 Å². The molecule has 0 saturated carbocycles. The zero-order valence-corrected chi connectivity index (χ0v) is 12.5. The number of likely N-dealkylation sites (tertiary alicyclic amines) is 1. The summed E-state index contributed by atoms with van der Waals surface area (Å²) < 4.78 is 1.92. The van der Waals surface area contributed by atoms with Crippen molar-refractivity contribution >= 4 is 5.91 Å². The van der Waals surface area contributed by atoms with Crippen LogP contribution in [0.4, 0.5) is 0 Å². The predicted octanol–water partition coefficient (Wildman–Crippen LogP) is 2.26. The highest BCUT2D eigenvalue weighted by molar-refractivity contribution is 5.77. The number of imidazole rings is 1. The third-order valence-corrected chi connectivity index (χ3v) is 4.25. The van der Waals surface area contributed by atoms with E-state index in [1.807, 2.05) is 41.5 Å². The molecule has 0 aromatic carbocycles. The topological polar surface area (TPSA) is 51.0 Å². The molecule has 1 amide bonds. The molecule has 2 aromatic heterocycles. The maximum Gasteiger partial charge on any atom is 0.243 e. The number of rotatable bonds is 3. The van der Waals surface area contributed by atoms with Gasteiger partial charge >= 0.3 is 0 Å². The Morgan fingerprint density at radius 1 is 1.33 bits per heavy atom. The van der Waals surface area contributed by atoms with E-state index in [1.54, 1.807) is 12.5 Å². The molecule has 0 aliphatic carbocycles. The van der Waals surface area contributed by atoms with Gasteiger partial charge in [0.1, 0.15) is 6.54 Å². The molecule has 0 bridgehead atoms. The first-order valence-corrected chi connectivity index (χ1v) is 7.35. The molecule has 3 heterocycles. The first-order valence-electron chi connectivity index (χ1n) is 7.35. The van der Waals surface area contributed by atoms with E-state index >= 15 is 0 Å². The summed E-state index contributed by atoms with van der Waals surface area (Å²) in [4.78, 5) is 23.2. The van der Waals surface area contributed by atoms with Crippen molar-refractivity contribution in [3.63, 3.8) is 0 Å². The lowest BCUT2D eigenvalue weighted by Crippen LogP contribution is -2.33. The van der Waals surface area contributed by atoms with Crippen LogP contribution in [0.2, 0.25) is 0 Å². The third kappa shape index (κ3) is 2.68. The second kappa shape index (κ2) is 5.68. The molecule has 2 aromatic rings. The first kappa shape index (κ1) is 13.8. The van der Waals surface area contributed by atoms with Gasteiger partial charge in [0.15, 0.2) is 0 Å². The number of hydrogen-bond donors (Lipinski definition) is 0. The van der Waals surface area contributed by atoms with Crippen molar-refractivity contribution in [1.29, 1.82) is 0 Å². The zero-order chi connectivity index (χ0) is 14.8. The van der Waals surface area contributed by atoms with Gasteiger partial charge in [0, 0.05) is 18.4 Å². The van der Waals surface area contributed by atoms with Crippen molar-refractivity contribution in [3.8, 4) is 0 Å². The van der Waals surface area contributed by atoms with Crippen molar-refractivity contribution in [1.82, 2.24) is 19.4 Å². The summed E-state index contributed by atoms with van der Waals surface area (Å²) in [5.74, 6) is 0.142. The van der Waals surface area contributed by atoms with Crippen LogP contribution in [-0.2, 0) is 11.3 Å². The van der Waals surface area contributed by atoms with E-state index in [0.717, 1.165) is 36.5 Å². The smallest absolute Gasteiger partial charge is 0.243 e. The van der Waals surface area contributed by atoms with E-state index in [-0.39, 0.29) is 11.9 Å². The fourth-order valence-electron chi connectivity index (χ4n) is 2.89. The van der Waals surface area contributed by atoms with Crippen LogP contribution in [0.15, 0.2) is 30.7 Å². The molecule has 1 fully saturated rings. The maximum atomic E-state index is 12.6. The standard InChI is InChI=1S/C16H20N4O/c1-12-13(2)19(11-18-12)10-16(21)20-9-5-7-15(20)14-6-3-4-8-17-14/h3-4,6,8,11,15H,5,7,9-10H2,1-2H3/t15-/m0/s1. The largest absolute Gasteiger partial charge is 0.333 e. The van der Waals surface area contributed by atoms with Gasteiger partial charge in [-0.1, -0.05) is 6.07 Å². The Hall–Kier alpha value is -2.17. The average molecular weight is 284 g/mol. The molecule has 0 spiro atoms. The lowest BCUT2D eigenvalue weighted by molar-refractivity contribution is -0.132. The highest BCUT2D eigenvalue weighted by Crippen LogP contribution is 2.30. The van der Waals surface area contributed by atoms with Crippen LogP contribution in [0.3, 0.4) is 0 Å². The minimum atomic E-state index is 0.114. The number of pyridine rings is 1. The maximum absolute atomic E-state index is 12.6. The van der Waals surface area contributed by atoms with Gasteiger partial charge in [-0.2, -0.15) is 0 Å². The number of amides is 1. The van der Waals surface area contributed by atoms with Gasteiger partial charge in [-0.05, 0) is 38.8 Å². The van der Waals surface area contributed by atoms with Crippen LogP contribution in [0.1, 0.15) is 36.0 Å². The lowest BCUT2D eigenvalue weighted by Gasteiger charge is -2.24. The highest BCUT2D eigenvalue weighted by Gasteiger charge is 2.30. The summed E-state index contributed by atoms with van der Waals surface area (Å²) in [7, 11) is 0. The molecular formula is C16H20N4O. The molecule has 1 saturated heterocycles. The van der Waals surface area contributed by atoms with Crippen LogP contribution in [0.25, 0.3) is 0 Å². The summed E-state index contributed by atoms with van der Waals surface area (Å²) in [5.41, 5.74) is 3.02. The number of aromatic nitrogens is 3. The van der Waals surface area contributed by atoms with Gasteiger partial charge in [-0.15, -0.1) is 0 Å². The van der Waals surface area contributed by atoms with Crippen LogP contribution in [-0.4, -0.2) is 31.9 Å². The lowest BCUT2D eigenvalue weighted by atomic mass is 10.1. The van der Waals surface area contributed by atoms with Crippen molar-refractivity contribution in [2.24, 2.45) is 0 Å². The molecule has 0 unspecified atom stereocenters. The molecule has 5 nitrogen and oxygen atoms in total. The summed E-state index contributed by atoms with van der Waals surface area (Å²) >= 11 is 0. The summed E-state index contributed by atoms with van der Waals surface area (Å²) in [5, 5.41) is 0. The van der Waals surface area contributed by atoms with Crippen LogP contribution in [0, 0.1) is 13.8 Å². The average Bonchev–Trinajstić information content (AvgIpc) is 3.10. The molecule has 1 aliphatic rings. The molecule has 3 rings (SSSR count). The van der Waals surface area contributed by atoms with Crippen molar-refractivity contribution in [3.05, 3.63) is 47.8 Å². The minimum Gasteiger partial charge on any atom is -0.333 e. The Kier molecular flexibility index (Phi) is 3.73. The Morgan fingerprint density at radius 2 is 2.19 bits per heavy atom. The van der Waals surface area contributed by atoms with E-state index in [0.29, 0.717) is 6.54 Å². The number of carbonyl (C=O) groups excluding carboxylic acids is 1. The highest BCUT2D eigenvalue weighted by atomic mass is 16.2. The van der Waals surface area contributed by atoms with Gasteiger partial charge in [0.05, 0.1) is 23.8 Å². The van der Waals surface area contributed by atoms with Crippen LogP contribution in [0.5, 0.6) is 0 Å². The van der Waals surface area contributed by atoms with Gasteiger partial charge in [-0.3, -0.25) is 9.78 Å². The Labute approximate surface area is 124 Å². The normalized spacial score (nSPS) is 18.2. The number of nitrogens with zero attached hydrogens (tertiary/aromatic N) is 4. The fraction of sp³-hybridized carbons (Fsp3) is 0.438. The Balaban J connectivity index is 1.76. The molecule has 21 heavy (non-hydrogen) atoms. The predicted molar refractivity (Wildman–Crippen MR) is 79.6 cm³/mol. The van der Waals surface area contributed by atoms with Gasteiger partial charge in [0.25, 0.3) is 0 Å². The number of hydrogen-bond acceptors (Lipinski definition) is 3. The van der Waals surface area contributed by atoms with E-state index in [2.05, 4.69) is 9.97 Å². The zero-order valence-electron chi connectivity index (χ0n) is 12.5. The Bertz CT molecular complexity index is 635. The molecule has 110 valence electrons. The fourth-order valence-corrected chi connectivity index (χ4v) is 2.89. The second-order valence-electron chi connectivity index (χ2n) is 5.54. The van der Waals surface area contributed by atoms with E-state index < -0.39 is 0 Å². The minimum absolute atomic E-state index is 0.114. The quantitative estimate of drug-likeness (QED) is 0.868.